The molecule has 6 nitrogen and oxygen atoms in total. The van der Waals surface area contributed by atoms with Crippen molar-refractivity contribution in [3.63, 3.8) is 0 Å². The smallest absolute Gasteiger partial charge is 0.359 e. The summed E-state index contributed by atoms with van der Waals surface area (Å²) in [5.74, 6) is -0.395. The lowest BCUT2D eigenvalue weighted by atomic mass is 10.7. The van der Waals surface area contributed by atoms with Crippen LogP contribution in [0.3, 0.4) is 0 Å². The predicted molar refractivity (Wildman–Crippen MR) is 51.4 cm³/mol. The van der Waals surface area contributed by atoms with Crippen molar-refractivity contribution in [1.29, 1.82) is 0 Å². The van der Waals surface area contributed by atoms with E-state index in [2.05, 4.69) is 15.5 Å². The molecule has 0 unspecified atom stereocenters. The maximum Gasteiger partial charge on any atom is 0.445 e. The number of rotatable bonds is 4. The van der Waals surface area contributed by atoms with Crippen molar-refractivity contribution in [1.82, 2.24) is 10.2 Å². The Bertz CT molecular complexity index is 454. The van der Waals surface area contributed by atoms with Crippen molar-refractivity contribution in [2.75, 3.05) is 17.6 Å². The quantitative estimate of drug-likeness (QED) is 0.822. The molecule has 0 saturated heterocycles. The zero-order valence-corrected chi connectivity index (χ0v) is 9.29. The van der Waals surface area contributed by atoms with Gasteiger partial charge in [-0.25, -0.2) is 13.6 Å². The van der Waals surface area contributed by atoms with Crippen LogP contribution in [-0.4, -0.2) is 30.9 Å². The van der Waals surface area contributed by atoms with Gasteiger partial charge in [-0.2, -0.15) is 13.2 Å². The first-order valence-electron chi connectivity index (χ1n) is 3.83. The summed E-state index contributed by atoms with van der Waals surface area (Å²) in [5.41, 5.74) is 0. The van der Waals surface area contributed by atoms with Gasteiger partial charge < -0.3 is 5.32 Å². The van der Waals surface area contributed by atoms with Crippen LogP contribution in [0.1, 0.15) is 5.01 Å². The van der Waals surface area contributed by atoms with Crippen LogP contribution in [0.25, 0.3) is 0 Å². The highest BCUT2D eigenvalue weighted by atomic mass is 32.2. The van der Waals surface area contributed by atoms with E-state index in [1.54, 1.807) is 0 Å². The first-order chi connectivity index (χ1) is 7.18. The second-order valence-electron chi connectivity index (χ2n) is 2.70. The summed E-state index contributed by atoms with van der Waals surface area (Å²) in [4.78, 5) is 0. The maximum absolute atomic E-state index is 12.1. The summed E-state index contributed by atoms with van der Waals surface area (Å²) in [5, 5.41) is 12.0. The molecule has 0 amide bonds. The standard InChI is InChI=1S/C5H7F3N4O2S2/c6-5(7,8)3-11-12-4(15-3)10-1-2-16(9,13)14/h1-2H2,(H,10,12)(H2,9,13,14). The molecule has 0 saturated carbocycles. The fourth-order valence-electron chi connectivity index (χ4n) is 0.709. The number of alkyl halides is 3. The van der Waals surface area contributed by atoms with Crippen molar-refractivity contribution < 1.29 is 21.6 Å². The molecule has 0 spiro atoms. The van der Waals surface area contributed by atoms with Gasteiger partial charge in [0.25, 0.3) is 0 Å². The largest absolute Gasteiger partial charge is 0.445 e. The molecule has 0 atom stereocenters. The van der Waals surface area contributed by atoms with E-state index in [4.69, 9.17) is 5.14 Å². The number of anilines is 1. The molecule has 1 aromatic heterocycles. The molecule has 16 heavy (non-hydrogen) atoms. The topological polar surface area (TPSA) is 98.0 Å². The number of nitrogens with one attached hydrogen (secondary N) is 1. The fourth-order valence-corrected chi connectivity index (χ4v) is 1.73. The molecule has 1 heterocycles. The molecule has 1 rings (SSSR count). The van der Waals surface area contributed by atoms with Crippen LogP contribution in [-0.2, 0) is 16.2 Å². The Kier molecular flexibility index (Phi) is 3.70. The maximum atomic E-state index is 12.1. The molecule has 1 aromatic rings. The molecule has 3 N–H and O–H groups in total. The second kappa shape index (κ2) is 4.51. The lowest BCUT2D eigenvalue weighted by Crippen LogP contribution is -2.22. The van der Waals surface area contributed by atoms with Crippen molar-refractivity contribution in [2.45, 2.75) is 6.18 Å². The van der Waals surface area contributed by atoms with Crippen LogP contribution in [0.2, 0.25) is 0 Å². The number of sulfonamides is 1. The van der Waals surface area contributed by atoms with Crippen LogP contribution in [0.4, 0.5) is 18.3 Å². The molecular weight excluding hydrogens is 269 g/mol. The Morgan fingerprint density at radius 3 is 2.44 bits per heavy atom. The number of aromatic nitrogens is 2. The highest BCUT2D eigenvalue weighted by molar-refractivity contribution is 7.89. The Hall–Kier alpha value is -0.940. The molecule has 0 bridgehead atoms. The average Bonchev–Trinajstić information content (AvgIpc) is 2.49. The summed E-state index contributed by atoms with van der Waals surface area (Å²) in [6.45, 7) is -0.120. The minimum atomic E-state index is -4.54. The lowest BCUT2D eigenvalue weighted by Gasteiger charge is -2.00. The monoisotopic (exact) mass is 276 g/mol. The third-order valence-corrected chi connectivity index (χ3v) is 3.03. The van der Waals surface area contributed by atoms with Gasteiger partial charge in [0.05, 0.1) is 5.75 Å². The van der Waals surface area contributed by atoms with Crippen LogP contribution < -0.4 is 10.5 Å². The van der Waals surface area contributed by atoms with Gasteiger partial charge >= 0.3 is 6.18 Å². The van der Waals surface area contributed by atoms with Gasteiger partial charge in [0, 0.05) is 6.54 Å². The predicted octanol–water partition coefficient (Wildman–Crippen LogP) is 0.257. The van der Waals surface area contributed by atoms with Gasteiger partial charge in [-0.3, -0.25) is 0 Å². The SMILES string of the molecule is NS(=O)(=O)CCNc1nnc(C(F)(F)F)s1. The van der Waals surface area contributed by atoms with E-state index in [1.165, 1.54) is 0 Å². The van der Waals surface area contributed by atoms with Gasteiger partial charge in [-0.15, -0.1) is 10.2 Å². The van der Waals surface area contributed by atoms with Crippen molar-refractivity contribution in [3.8, 4) is 0 Å². The molecule has 11 heteroatoms. The molecule has 0 aromatic carbocycles. The van der Waals surface area contributed by atoms with E-state index in [0.29, 0.717) is 11.3 Å². The normalized spacial score (nSPS) is 12.8. The van der Waals surface area contributed by atoms with E-state index >= 15 is 0 Å². The Morgan fingerprint density at radius 2 is 2.00 bits per heavy atom. The second-order valence-corrected chi connectivity index (χ2v) is 5.42. The van der Waals surface area contributed by atoms with Crippen LogP contribution in [0.5, 0.6) is 0 Å². The minimum Gasteiger partial charge on any atom is -0.359 e. The highest BCUT2D eigenvalue weighted by Crippen LogP contribution is 2.32. The molecular formula is C5H7F3N4O2S2. The summed E-state index contributed by atoms with van der Waals surface area (Å²) in [6.07, 6.45) is -4.54. The van der Waals surface area contributed by atoms with Gasteiger partial charge in [-0.1, -0.05) is 11.3 Å². The van der Waals surface area contributed by atoms with Crippen LogP contribution >= 0.6 is 11.3 Å². The highest BCUT2D eigenvalue weighted by Gasteiger charge is 2.35. The number of hydrogen-bond donors (Lipinski definition) is 2. The van der Waals surface area contributed by atoms with E-state index in [0.717, 1.165) is 0 Å². The fraction of sp³-hybridized carbons (Fsp3) is 0.600. The number of hydrogen-bond acceptors (Lipinski definition) is 6. The molecule has 0 aliphatic carbocycles. The number of nitrogens with zero attached hydrogens (tertiary/aromatic N) is 2. The number of primary sulfonamides is 1. The van der Waals surface area contributed by atoms with Gasteiger partial charge in [0.2, 0.25) is 20.2 Å². The molecule has 0 aliphatic rings. The first-order valence-corrected chi connectivity index (χ1v) is 6.37. The van der Waals surface area contributed by atoms with Crippen LogP contribution in [0, 0.1) is 0 Å². The number of halogens is 3. The van der Waals surface area contributed by atoms with Crippen molar-refractivity contribution >= 4 is 26.5 Å². The van der Waals surface area contributed by atoms with E-state index in [1.807, 2.05) is 0 Å². The minimum absolute atomic E-state index is 0.101. The first kappa shape index (κ1) is 13.1. The average molecular weight is 276 g/mol. The Labute approximate surface area is 92.7 Å². The van der Waals surface area contributed by atoms with Crippen molar-refractivity contribution in [2.24, 2.45) is 5.14 Å². The van der Waals surface area contributed by atoms with Crippen molar-refractivity contribution in [3.05, 3.63) is 5.01 Å². The Morgan fingerprint density at radius 1 is 1.38 bits per heavy atom. The summed E-state index contributed by atoms with van der Waals surface area (Å²) < 4.78 is 57.3. The van der Waals surface area contributed by atoms with E-state index in [-0.39, 0.29) is 11.7 Å². The van der Waals surface area contributed by atoms with E-state index < -0.39 is 27.0 Å². The van der Waals surface area contributed by atoms with Gasteiger partial charge in [0.1, 0.15) is 0 Å². The zero-order valence-electron chi connectivity index (χ0n) is 7.65. The summed E-state index contributed by atoms with van der Waals surface area (Å²) >= 11 is 0.296. The molecule has 0 aliphatic heterocycles. The molecule has 0 radical (unpaired) electrons. The van der Waals surface area contributed by atoms with Gasteiger partial charge in [-0.05, 0) is 0 Å². The summed E-state index contributed by atoms with van der Waals surface area (Å²) in [6, 6.07) is 0. The third-order valence-electron chi connectivity index (χ3n) is 1.33. The number of nitrogens with two attached hydrogens (primary N) is 1. The van der Waals surface area contributed by atoms with Gasteiger partial charge in [0.15, 0.2) is 0 Å². The van der Waals surface area contributed by atoms with E-state index in [9.17, 15) is 21.6 Å². The lowest BCUT2D eigenvalue weighted by molar-refractivity contribution is -0.138. The van der Waals surface area contributed by atoms with Crippen LogP contribution in [0.15, 0.2) is 0 Å². The molecule has 92 valence electrons. The zero-order chi connectivity index (χ0) is 12.4. The summed E-state index contributed by atoms with van der Waals surface area (Å²) in [7, 11) is -3.64. The molecule has 0 fully saturated rings. The third kappa shape index (κ3) is 4.28. The Balaban J connectivity index is 2.54.